The summed E-state index contributed by atoms with van der Waals surface area (Å²) in [5, 5.41) is 3.41. The summed E-state index contributed by atoms with van der Waals surface area (Å²) in [5.41, 5.74) is 1.19. The number of anilines is 1. The van der Waals surface area contributed by atoms with Crippen molar-refractivity contribution < 1.29 is 4.74 Å². The summed E-state index contributed by atoms with van der Waals surface area (Å²) in [6.45, 7) is 5.08. The van der Waals surface area contributed by atoms with Crippen molar-refractivity contribution in [1.82, 2.24) is 4.90 Å². The van der Waals surface area contributed by atoms with Crippen LogP contribution in [0.25, 0.3) is 0 Å². The highest BCUT2D eigenvalue weighted by atomic mass is 16.5. The largest absolute Gasteiger partial charge is 0.385 e. The average Bonchev–Trinajstić information content (AvgIpc) is 2.36. The molecule has 1 unspecified atom stereocenters. The molecule has 1 aromatic rings. The zero-order valence-corrected chi connectivity index (χ0v) is 11.1. The minimum absolute atomic E-state index is 0.483. The van der Waals surface area contributed by atoms with Crippen molar-refractivity contribution in [3.8, 4) is 0 Å². The first-order chi connectivity index (χ1) is 8.24. The van der Waals surface area contributed by atoms with Gasteiger partial charge in [-0.1, -0.05) is 18.2 Å². The lowest BCUT2D eigenvalue weighted by atomic mass is 10.3. The highest BCUT2D eigenvalue weighted by Gasteiger charge is 2.07. The molecule has 3 heteroatoms. The molecule has 1 rings (SSSR count). The number of ether oxygens (including phenoxy) is 1. The molecule has 1 N–H and O–H groups in total. The van der Waals surface area contributed by atoms with Crippen LogP contribution in [0.5, 0.6) is 0 Å². The monoisotopic (exact) mass is 236 g/mol. The third kappa shape index (κ3) is 5.71. The quantitative estimate of drug-likeness (QED) is 0.702. The van der Waals surface area contributed by atoms with E-state index in [1.165, 1.54) is 5.69 Å². The summed E-state index contributed by atoms with van der Waals surface area (Å²) in [7, 11) is 3.90. The van der Waals surface area contributed by atoms with Gasteiger partial charge in [-0.3, -0.25) is 0 Å². The van der Waals surface area contributed by atoms with Gasteiger partial charge in [-0.2, -0.15) is 0 Å². The van der Waals surface area contributed by atoms with Crippen LogP contribution in [0.3, 0.4) is 0 Å². The number of benzene rings is 1. The van der Waals surface area contributed by atoms with Crippen molar-refractivity contribution in [2.75, 3.05) is 39.2 Å². The van der Waals surface area contributed by atoms with E-state index in [0.717, 1.165) is 26.1 Å². The van der Waals surface area contributed by atoms with Crippen LogP contribution >= 0.6 is 0 Å². The van der Waals surface area contributed by atoms with Crippen LogP contribution in [0.2, 0.25) is 0 Å². The van der Waals surface area contributed by atoms with Gasteiger partial charge in [0.05, 0.1) is 6.61 Å². The summed E-state index contributed by atoms with van der Waals surface area (Å²) in [4.78, 5) is 2.33. The molecule has 0 saturated carbocycles. The van der Waals surface area contributed by atoms with Crippen LogP contribution in [0.1, 0.15) is 13.3 Å². The fraction of sp³-hybridized carbons (Fsp3) is 0.571. The van der Waals surface area contributed by atoms with E-state index in [1.807, 2.05) is 6.07 Å². The maximum atomic E-state index is 5.14. The second kappa shape index (κ2) is 8.09. The Labute approximate surface area is 105 Å². The molecule has 0 bridgehead atoms. The summed E-state index contributed by atoms with van der Waals surface area (Å²) in [6.07, 6.45) is 1.14. The maximum Gasteiger partial charge on any atom is 0.0615 e. The molecule has 0 aliphatic carbocycles. The lowest BCUT2D eigenvalue weighted by Gasteiger charge is -2.23. The molecule has 0 aliphatic heterocycles. The molecule has 1 atom stereocenters. The molecular weight excluding hydrogens is 212 g/mol. The fourth-order valence-corrected chi connectivity index (χ4v) is 1.71. The third-order valence-electron chi connectivity index (χ3n) is 2.95. The molecule has 0 saturated heterocycles. The number of para-hydroxylation sites is 1. The van der Waals surface area contributed by atoms with E-state index < -0.39 is 0 Å². The third-order valence-corrected chi connectivity index (χ3v) is 2.95. The first-order valence-corrected chi connectivity index (χ1v) is 6.22. The number of hydrogen-bond acceptors (Lipinski definition) is 3. The van der Waals surface area contributed by atoms with E-state index >= 15 is 0 Å². The van der Waals surface area contributed by atoms with Gasteiger partial charge in [-0.05, 0) is 39.1 Å². The van der Waals surface area contributed by atoms with Crippen LogP contribution < -0.4 is 5.32 Å². The van der Waals surface area contributed by atoms with E-state index in [0.29, 0.717) is 6.04 Å². The number of rotatable bonds is 8. The van der Waals surface area contributed by atoms with Gasteiger partial charge in [-0.25, -0.2) is 0 Å². The smallest absolute Gasteiger partial charge is 0.0615 e. The first-order valence-electron chi connectivity index (χ1n) is 6.22. The summed E-state index contributed by atoms with van der Waals surface area (Å²) >= 11 is 0. The van der Waals surface area contributed by atoms with Crippen LogP contribution in [-0.2, 0) is 4.74 Å². The van der Waals surface area contributed by atoms with Gasteiger partial charge in [0.2, 0.25) is 0 Å². The van der Waals surface area contributed by atoms with Gasteiger partial charge < -0.3 is 15.0 Å². The molecule has 17 heavy (non-hydrogen) atoms. The molecular formula is C14H24N2O. The predicted molar refractivity (Wildman–Crippen MR) is 73.5 cm³/mol. The fourth-order valence-electron chi connectivity index (χ4n) is 1.71. The minimum Gasteiger partial charge on any atom is -0.385 e. The molecule has 3 nitrogen and oxygen atoms in total. The van der Waals surface area contributed by atoms with E-state index in [4.69, 9.17) is 4.74 Å². The first kappa shape index (κ1) is 14.0. The molecule has 0 aliphatic rings. The number of nitrogens with one attached hydrogen (secondary N) is 1. The van der Waals surface area contributed by atoms with Crippen molar-refractivity contribution in [2.45, 2.75) is 19.4 Å². The normalized spacial score (nSPS) is 12.7. The standard InChI is InChI=1S/C14H24N2O/c1-13(12-17-3)16(2)11-7-10-15-14-8-5-4-6-9-14/h4-6,8-9,13,15H,7,10-12H2,1-3H3. The lowest BCUT2D eigenvalue weighted by molar-refractivity contribution is 0.115. The Kier molecular flexibility index (Phi) is 6.67. The molecule has 0 fully saturated rings. The van der Waals surface area contributed by atoms with Gasteiger partial charge in [0.15, 0.2) is 0 Å². The van der Waals surface area contributed by atoms with Gasteiger partial charge in [0.1, 0.15) is 0 Å². The number of methoxy groups -OCH3 is 1. The Bertz CT molecular complexity index is 290. The van der Waals surface area contributed by atoms with Gasteiger partial charge >= 0.3 is 0 Å². The number of hydrogen-bond donors (Lipinski definition) is 1. The van der Waals surface area contributed by atoms with Crippen LogP contribution in [0.15, 0.2) is 30.3 Å². The zero-order chi connectivity index (χ0) is 12.5. The topological polar surface area (TPSA) is 24.5 Å². The Morgan fingerprint density at radius 3 is 2.65 bits per heavy atom. The molecule has 0 spiro atoms. The lowest BCUT2D eigenvalue weighted by Crippen LogP contribution is -2.34. The van der Waals surface area contributed by atoms with E-state index in [-0.39, 0.29) is 0 Å². The average molecular weight is 236 g/mol. The number of nitrogens with zero attached hydrogens (tertiary/aromatic N) is 1. The Hall–Kier alpha value is -1.06. The summed E-state index contributed by atoms with van der Waals surface area (Å²) in [5.74, 6) is 0. The van der Waals surface area contributed by atoms with Crippen molar-refractivity contribution in [3.63, 3.8) is 0 Å². The van der Waals surface area contributed by atoms with Crippen molar-refractivity contribution in [3.05, 3.63) is 30.3 Å². The molecule has 0 radical (unpaired) electrons. The SMILES string of the molecule is COCC(C)N(C)CCCNc1ccccc1. The van der Waals surface area contributed by atoms with Crippen molar-refractivity contribution >= 4 is 5.69 Å². The molecule has 0 heterocycles. The highest BCUT2D eigenvalue weighted by molar-refractivity contribution is 5.42. The van der Waals surface area contributed by atoms with Crippen LogP contribution in [-0.4, -0.2) is 44.8 Å². The van der Waals surface area contributed by atoms with Crippen molar-refractivity contribution in [2.24, 2.45) is 0 Å². The Balaban J connectivity index is 2.12. The van der Waals surface area contributed by atoms with Gasteiger partial charge in [0, 0.05) is 25.4 Å². The molecule has 0 aromatic heterocycles. The van der Waals surface area contributed by atoms with E-state index in [9.17, 15) is 0 Å². The second-order valence-electron chi connectivity index (χ2n) is 4.43. The maximum absolute atomic E-state index is 5.14. The Morgan fingerprint density at radius 1 is 1.29 bits per heavy atom. The van der Waals surface area contributed by atoms with E-state index in [1.54, 1.807) is 7.11 Å². The van der Waals surface area contributed by atoms with Crippen LogP contribution in [0, 0.1) is 0 Å². The van der Waals surface area contributed by atoms with Gasteiger partial charge in [0.25, 0.3) is 0 Å². The molecule has 0 amide bonds. The molecule has 1 aromatic carbocycles. The minimum atomic E-state index is 0.483. The zero-order valence-electron chi connectivity index (χ0n) is 11.1. The summed E-state index contributed by atoms with van der Waals surface area (Å²) in [6, 6.07) is 10.8. The predicted octanol–water partition coefficient (Wildman–Crippen LogP) is 2.46. The second-order valence-corrected chi connectivity index (χ2v) is 4.43. The molecule has 96 valence electrons. The van der Waals surface area contributed by atoms with Crippen LogP contribution in [0.4, 0.5) is 5.69 Å². The number of likely N-dealkylation sites (N-methyl/N-ethyl adjacent to an activating group) is 1. The summed E-state index contributed by atoms with van der Waals surface area (Å²) < 4.78 is 5.14. The van der Waals surface area contributed by atoms with E-state index in [2.05, 4.69) is 48.5 Å². The van der Waals surface area contributed by atoms with Crippen molar-refractivity contribution in [1.29, 1.82) is 0 Å². The highest BCUT2D eigenvalue weighted by Crippen LogP contribution is 2.05. The Morgan fingerprint density at radius 2 is 2.00 bits per heavy atom. The van der Waals surface area contributed by atoms with Gasteiger partial charge in [-0.15, -0.1) is 0 Å².